The number of hydrogen-bond donors (Lipinski definition) is 0. The van der Waals surface area contributed by atoms with Gasteiger partial charge >= 0.3 is 0 Å². The van der Waals surface area contributed by atoms with Gasteiger partial charge in [-0.25, -0.2) is 0 Å². The molecule has 0 aliphatic heterocycles. The lowest BCUT2D eigenvalue weighted by atomic mass is 9.87. The van der Waals surface area contributed by atoms with Gasteiger partial charge in [0, 0.05) is 39.0 Å². The van der Waals surface area contributed by atoms with Gasteiger partial charge in [-0.05, 0) is 131 Å². The first-order valence-corrected chi connectivity index (χ1v) is 20.9. The highest BCUT2D eigenvalue weighted by molar-refractivity contribution is 5.99. The van der Waals surface area contributed by atoms with Gasteiger partial charge in [-0.3, -0.25) is 0 Å². The average molecular weight is 822 g/mol. The number of ether oxygens (including phenoxy) is 1. The highest BCUT2D eigenvalue weighted by Crippen LogP contribution is 2.41. The minimum Gasteiger partial charge on any atom is -0.457 e. The van der Waals surface area contributed by atoms with Crippen molar-refractivity contribution < 1.29 is 13.6 Å². The highest BCUT2D eigenvalue weighted by Gasteiger charge is 2.19. The monoisotopic (exact) mass is 821 g/mol. The molecular weight excluding hydrogens is 779 g/mol. The lowest BCUT2D eigenvalue weighted by Gasteiger charge is -2.27. The lowest BCUT2D eigenvalue weighted by molar-refractivity contribution is 0.482. The van der Waals surface area contributed by atoms with E-state index < -0.39 is 0 Å². The summed E-state index contributed by atoms with van der Waals surface area (Å²) in [5, 5.41) is 19.7. The van der Waals surface area contributed by atoms with Crippen LogP contribution in [-0.4, -0.2) is 20.4 Å². The molecule has 0 atom stereocenters. The van der Waals surface area contributed by atoms with E-state index in [1.807, 2.05) is 72.8 Å². The van der Waals surface area contributed by atoms with Crippen LogP contribution in [0.15, 0.2) is 197 Å². The zero-order chi connectivity index (χ0) is 42.9. The predicted molar refractivity (Wildman–Crippen MR) is 251 cm³/mol. The van der Waals surface area contributed by atoms with Crippen LogP contribution < -0.4 is 9.64 Å². The number of hydrogen-bond acceptors (Lipinski definition) is 8. The number of nitrogens with zero attached hydrogens (tertiary/aromatic N) is 5. The molecule has 8 heteroatoms. The van der Waals surface area contributed by atoms with E-state index in [4.69, 9.17) is 13.6 Å². The number of aromatic nitrogens is 4. The molecule has 306 valence electrons. The minimum absolute atomic E-state index is 0.0574. The molecule has 0 saturated carbocycles. The summed E-state index contributed by atoms with van der Waals surface area (Å²) in [6.45, 7) is 8.67. The van der Waals surface area contributed by atoms with Crippen LogP contribution in [0, 0.1) is 6.92 Å². The summed E-state index contributed by atoms with van der Waals surface area (Å²) < 4.78 is 18.6. The van der Waals surface area contributed by atoms with Crippen molar-refractivity contribution in [1.29, 1.82) is 0 Å². The van der Waals surface area contributed by atoms with Gasteiger partial charge in [0.25, 0.3) is 0 Å². The van der Waals surface area contributed by atoms with Gasteiger partial charge in [-0.15, -0.1) is 20.4 Å². The molecule has 2 aromatic heterocycles. The third-order valence-electron chi connectivity index (χ3n) is 11.2. The van der Waals surface area contributed by atoms with E-state index >= 15 is 0 Å². The second-order valence-corrected chi connectivity index (χ2v) is 16.6. The Balaban J connectivity index is 0.846. The summed E-state index contributed by atoms with van der Waals surface area (Å²) in [7, 11) is 0. The first-order chi connectivity index (χ1) is 30.7. The molecule has 0 fully saturated rings. The van der Waals surface area contributed by atoms with Gasteiger partial charge in [0.1, 0.15) is 11.5 Å². The third-order valence-corrected chi connectivity index (χ3v) is 11.2. The number of benzene rings is 8. The van der Waals surface area contributed by atoms with Gasteiger partial charge in [0.2, 0.25) is 23.6 Å². The first-order valence-electron chi connectivity index (χ1n) is 20.9. The van der Waals surface area contributed by atoms with E-state index in [-0.39, 0.29) is 5.41 Å². The number of rotatable bonds is 10. The molecule has 2 heterocycles. The molecule has 0 radical (unpaired) electrons. The summed E-state index contributed by atoms with van der Waals surface area (Å²) in [6.07, 6.45) is 0. The van der Waals surface area contributed by atoms with Crippen LogP contribution in [0.4, 0.5) is 17.1 Å². The molecule has 63 heavy (non-hydrogen) atoms. The van der Waals surface area contributed by atoms with Crippen molar-refractivity contribution in [3.8, 4) is 68.4 Å². The maximum Gasteiger partial charge on any atom is 0.248 e. The molecule has 0 amide bonds. The van der Waals surface area contributed by atoms with E-state index in [9.17, 15) is 0 Å². The fourth-order valence-corrected chi connectivity index (χ4v) is 7.66. The molecule has 0 saturated heterocycles. The van der Waals surface area contributed by atoms with Crippen LogP contribution in [0.5, 0.6) is 11.5 Å². The maximum atomic E-state index is 6.33. The third kappa shape index (κ3) is 8.22. The zero-order valence-corrected chi connectivity index (χ0v) is 35.4. The van der Waals surface area contributed by atoms with E-state index in [1.54, 1.807) is 0 Å². The van der Waals surface area contributed by atoms with Crippen molar-refractivity contribution in [1.82, 2.24) is 20.4 Å². The first kappa shape index (κ1) is 39.1. The standard InChI is InChI=1S/C55H43N5O3/c1-36-15-17-37(18-16-36)38-21-27-45(28-22-38)60(50-14-8-10-39-9-5-6-13-49(39)50)46-29-33-48(34-30-46)61-47-31-23-41(24-32-47)52-57-59-54(63-52)43-12-7-11-42(35-43)53-58-56-51(62-53)40-19-25-44(26-20-40)55(2,3)4/h5-35H,1-4H3. The molecule has 10 rings (SSSR count). The largest absolute Gasteiger partial charge is 0.457 e. The van der Waals surface area contributed by atoms with Crippen LogP contribution in [0.3, 0.4) is 0 Å². The van der Waals surface area contributed by atoms with E-state index in [2.05, 4.69) is 168 Å². The Morgan fingerprint density at radius 3 is 1.44 bits per heavy atom. The molecule has 0 bridgehead atoms. The lowest BCUT2D eigenvalue weighted by Crippen LogP contribution is -2.10. The van der Waals surface area contributed by atoms with Crippen molar-refractivity contribution in [3.63, 3.8) is 0 Å². The van der Waals surface area contributed by atoms with Crippen LogP contribution in [-0.2, 0) is 5.41 Å². The topological polar surface area (TPSA) is 90.3 Å². The molecule has 10 aromatic rings. The quantitative estimate of drug-likeness (QED) is 0.135. The molecule has 0 aliphatic rings. The van der Waals surface area contributed by atoms with E-state index in [0.717, 1.165) is 39.3 Å². The predicted octanol–water partition coefficient (Wildman–Crippen LogP) is 14.8. The Morgan fingerprint density at radius 2 is 0.873 bits per heavy atom. The summed E-state index contributed by atoms with van der Waals surface area (Å²) in [4.78, 5) is 2.30. The fraction of sp³-hybridized carbons (Fsp3) is 0.0909. The molecular formula is C55H43N5O3. The van der Waals surface area contributed by atoms with Gasteiger partial charge < -0.3 is 18.5 Å². The molecule has 0 aliphatic carbocycles. The van der Waals surface area contributed by atoms with Crippen molar-refractivity contribution in [2.24, 2.45) is 0 Å². The molecule has 0 N–H and O–H groups in total. The summed E-state index contributed by atoms with van der Waals surface area (Å²) in [5.74, 6) is 3.03. The summed E-state index contributed by atoms with van der Waals surface area (Å²) in [5.41, 5.74) is 11.2. The van der Waals surface area contributed by atoms with Crippen LogP contribution in [0.1, 0.15) is 31.9 Å². The SMILES string of the molecule is Cc1ccc(-c2ccc(N(c3ccc(Oc4ccc(-c5nnc(-c6cccc(-c7nnc(-c8ccc(C(C)(C)C)cc8)o7)c6)o5)cc4)cc3)c3cccc4ccccc34)cc2)cc1. The van der Waals surface area contributed by atoms with Crippen molar-refractivity contribution in [2.75, 3.05) is 4.90 Å². The van der Waals surface area contributed by atoms with Crippen molar-refractivity contribution >= 4 is 27.8 Å². The summed E-state index contributed by atoms with van der Waals surface area (Å²) in [6, 6.07) is 64.0. The van der Waals surface area contributed by atoms with E-state index in [0.29, 0.717) is 35.1 Å². The fourth-order valence-electron chi connectivity index (χ4n) is 7.66. The smallest absolute Gasteiger partial charge is 0.248 e. The van der Waals surface area contributed by atoms with E-state index in [1.165, 1.54) is 33.0 Å². The Kier molecular flexibility index (Phi) is 10.2. The van der Waals surface area contributed by atoms with Crippen molar-refractivity contribution in [2.45, 2.75) is 33.1 Å². The van der Waals surface area contributed by atoms with Gasteiger partial charge in [-0.2, -0.15) is 0 Å². The Labute approximate surface area is 366 Å². The minimum atomic E-state index is 0.0574. The highest BCUT2D eigenvalue weighted by atomic mass is 16.5. The van der Waals surface area contributed by atoms with Gasteiger partial charge in [0.05, 0.1) is 5.69 Å². The second kappa shape index (κ2) is 16.4. The second-order valence-electron chi connectivity index (χ2n) is 16.6. The van der Waals surface area contributed by atoms with Crippen LogP contribution in [0.2, 0.25) is 0 Å². The number of anilines is 3. The number of fused-ring (bicyclic) bond motifs is 1. The van der Waals surface area contributed by atoms with Gasteiger partial charge in [0.15, 0.2) is 0 Å². The Morgan fingerprint density at radius 1 is 0.429 bits per heavy atom. The van der Waals surface area contributed by atoms with Crippen LogP contribution >= 0.6 is 0 Å². The zero-order valence-electron chi connectivity index (χ0n) is 35.4. The Hall–Kier alpha value is -8.10. The average Bonchev–Trinajstić information content (AvgIpc) is 4.03. The van der Waals surface area contributed by atoms with Crippen molar-refractivity contribution in [3.05, 3.63) is 199 Å². The Bertz CT molecular complexity index is 3160. The normalized spacial score (nSPS) is 11.5. The molecule has 8 aromatic carbocycles. The van der Waals surface area contributed by atoms with Gasteiger partial charge in [-0.1, -0.05) is 117 Å². The summed E-state index contributed by atoms with van der Waals surface area (Å²) >= 11 is 0. The molecule has 0 unspecified atom stereocenters. The number of aryl methyl sites for hydroxylation is 1. The molecule has 0 spiro atoms. The molecule has 8 nitrogen and oxygen atoms in total. The van der Waals surface area contributed by atoms with Crippen LogP contribution in [0.25, 0.3) is 67.7 Å². The maximum absolute atomic E-state index is 6.33.